The van der Waals surface area contributed by atoms with Crippen LogP contribution in [0.15, 0.2) is 34.2 Å². The van der Waals surface area contributed by atoms with Crippen LogP contribution in [0.25, 0.3) is 0 Å². The molecule has 0 amide bonds. The van der Waals surface area contributed by atoms with Crippen LogP contribution in [0.1, 0.15) is 57.4 Å². The SMILES string of the molecule is CCNC(=NCc1cccc(S(=O)(=O)N2CCCCC2)c1)NC1CCCC1.I. The largest absolute Gasteiger partial charge is 0.357 e. The van der Waals surface area contributed by atoms with Crippen molar-refractivity contribution in [3.8, 4) is 0 Å². The van der Waals surface area contributed by atoms with Crippen molar-refractivity contribution >= 4 is 40.0 Å². The van der Waals surface area contributed by atoms with E-state index in [2.05, 4.69) is 22.5 Å². The monoisotopic (exact) mass is 520 g/mol. The summed E-state index contributed by atoms with van der Waals surface area (Å²) in [6.07, 6.45) is 7.93. The summed E-state index contributed by atoms with van der Waals surface area (Å²) in [5.41, 5.74) is 0.914. The maximum atomic E-state index is 12.9. The Morgan fingerprint density at radius 2 is 1.86 bits per heavy atom. The minimum Gasteiger partial charge on any atom is -0.357 e. The predicted octanol–water partition coefficient (Wildman–Crippen LogP) is 3.48. The van der Waals surface area contributed by atoms with Gasteiger partial charge in [0.2, 0.25) is 10.0 Å². The Labute approximate surface area is 186 Å². The van der Waals surface area contributed by atoms with E-state index in [9.17, 15) is 8.42 Å². The molecule has 1 saturated heterocycles. The number of nitrogens with one attached hydrogen (secondary N) is 2. The highest BCUT2D eigenvalue weighted by molar-refractivity contribution is 14.0. The van der Waals surface area contributed by atoms with E-state index < -0.39 is 10.0 Å². The first-order valence-corrected chi connectivity index (χ1v) is 11.7. The number of hydrogen-bond donors (Lipinski definition) is 2. The average Bonchev–Trinajstić information content (AvgIpc) is 3.20. The molecule has 3 rings (SSSR count). The maximum Gasteiger partial charge on any atom is 0.243 e. The van der Waals surface area contributed by atoms with E-state index in [4.69, 9.17) is 0 Å². The fourth-order valence-electron chi connectivity index (χ4n) is 3.81. The Kier molecular flexibility index (Phi) is 9.49. The van der Waals surface area contributed by atoms with Gasteiger partial charge in [0.15, 0.2) is 5.96 Å². The molecule has 1 aliphatic heterocycles. The lowest BCUT2D eigenvalue weighted by Gasteiger charge is -2.26. The van der Waals surface area contributed by atoms with Crippen molar-refractivity contribution in [3.05, 3.63) is 29.8 Å². The highest BCUT2D eigenvalue weighted by Crippen LogP contribution is 2.21. The highest BCUT2D eigenvalue weighted by Gasteiger charge is 2.25. The number of piperidine rings is 1. The van der Waals surface area contributed by atoms with Gasteiger partial charge in [-0.05, 0) is 50.3 Å². The van der Waals surface area contributed by atoms with Crippen molar-refractivity contribution in [2.75, 3.05) is 19.6 Å². The van der Waals surface area contributed by atoms with E-state index in [-0.39, 0.29) is 24.0 Å². The van der Waals surface area contributed by atoms with Crippen molar-refractivity contribution < 1.29 is 8.42 Å². The molecule has 158 valence electrons. The molecule has 0 spiro atoms. The molecule has 2 fully saturated rings. The van der Waals surface area contributed by atoms with E-state index in [1.165, 1.54) is 25.7 Å². The molecular formula is C20H33IN4O2S. The van der Waals surface area contributed by atoms with E-state index in [1.807, 2.05) is 12.1 Å². The van der Waals surface area contributed by atoms with Gasteiger partial charge in [0.05, 0.1) is 11.4 Å². The van der Waals surface area contributed by atoms with Gasteiger partial charge in [0, 0.05) is 25.7 Å². The summed E-state index contributed by atoms with van der Waals surface area (Å²) in [7, 11) is -3.40. The van der Waals surface area contributed by atoms with Crippen molar-refractivity contribution in [3.63, 3.8) is 0 Å². The minimum absolute atomic E-state index is 0. The molecule has 1 aliphatic carbocycles. The molecule has 0 bridgehead atoms. The number of nitrogens with zero attached hydrogens (tertiary/aromatic N) is 2. The molecule has 0 radical (unpaired) electrons. The predicted molar refractivity (Wildman–Crippen MR) is 125 cm³/mol. The summed E-state index contributed by atoms with van der Waals surface area (Å²) in [5, 5.41) is 6.78. The van der Waals surface area contributed by atoms with Crippen LogP contribution in [0.5, 0.6) is 0 Å². The molecule has 28 heavy (non-hydrogen) atoms. The number of rotatable bonds is 6. The van der Waals surface area contributed by atoms with Gasteiger partial charge in [0.25, 0.3) is 0 Å². The summed E-state index contributed by atoms with van der Waals surface area (Å²) in [6, 6.07) is 7.72. The maximum absolute atomic E-state index is 12.9. The van der Waals surface area contributed by atoms with E-state index in [1.54, 1.807) is 16.4 Å². The lowest BCUT2D eigenvalue weighted by Crippen LogP contribution is -2.42. The van der Waals surface area contributed by atoms with Crippen LogP contribution < -0.4 is 10.6 Å². The number of sulfonamides is 1. The first kappa shape index (κ1) is 23.4. The Bertz CT molecular complexity index is 742. The van der Waals surface area contributed by atoms with Gasteiger partial charge in [-0.25, -0.2) is 13.4 Å². The van der Waals surface area contributed by atoms with Crippen LogP contribution >= 0.6 is 24.0 Å². The fourth-order valence-corrected chi connectivity index (χ4v) is 5.40. The van der Waals surface area contributed by atoms with Gasteiger partial charge in [-0.2, -0.15) is 4.31 Å². The van der Waals surface area contributed by atoms with Gasteiger partial charge >= 0.3 is 0 Å². The minimum atomic E-state index is -3.40. The summed E-state index contributed by atoms with van der Waals surface area (Å²) in [4.78, 5) is 5.05. The van der Waals surface area contributed by atoms with E-state index in [0.717, 1.165) is 37.3 Å². The first-order valence-electron chi connectivity index (χ1n) is 10.2. The summed E-state index contributed by atoms with van der Waals surface area (Å²) < 4.78 is 27.4. The smallest absolute Gasteiger partial charge is 0.243 e. The zero-order valence-electron chi connectivity index (χ0n) is 16.7. The van der Waals surface area contributed by atoms with Gasteiger partial charge < -0.3 is 10.6 Å². The number of benzene rings is 1. The third-order valence-electron chi connectivity index (χ3n) is 5.31. The molecule has 6 nitrogen and oxygen atoms in total. The van der Waals surface area contributed by atoms with Crippen LogP contribution in [-0.4, -0.2) is 44.4 Å². The average molecular weight is 520 g/mol. The van der Waals surface area contributed by atoms with Gasteiger partial charge in [-0.3, -0.25) is 0 Å². The van der Waals surface area contributed by atoms with Crippen molar-refractivity contribution in [1.82, 2.24) is 14.9 Å². The van der Waals surface area contributed by atoms with Crippen LogP contribution in [0, 0.1) is 0 Å². The highest BCUT2D eigenvalue weighted by atomic mass is 127. The fraction of sp³-hybridized carbons (Fsp3) is 0.650. The Morgan fingerprint density at radius 3 is 2.54 bits per heavy atom. The number of hydrogen-bond acceptors (Lipinski definition) is 3. The molecule has 0 aromatic heterocycles. The van der Waals surface area contributed by atoms with Crippen LogP contribution in [-0.2, 0) is 16.6 Å². The summed E-state index contributed by atoms with van der Waals surface area (Å²) in [6.45, 7) is 4.58. The standard InChI is InChI=1S/C20H32N4O2S.HI/c1-2-21-20(23-18-10-4-5-11-18)22-16-17-9-8-12-19(15-17)27(25,26)24-13-6-3-7-14-24;/h8-9,12,15,18H,2-7,10-11,13-14,16H2,1H3,(H2,21,22,23);1H. The number of aliphatic imine (C=N–C) groups is 1. The molecule has 1 aromatic carbocycles. The Balaban J connectivity index is 0.00000280. The Morgan fingerprint density at radius 1 is 1.14 bits per heavy atom. The van der Waals surface area contributed by atoms with Crippen LogP contribution in [0.3, 0.4) is 0 Å². The van der Waals surface area contributed by atoms with E-state index in [0.29, 0.717) is 30.6 Å². The molecule has 2 aliphatic rings. The molecule has 1 saturated carbocycles. The van der Waals surface area contributed by atoms with Crippen LogP contribution in [0.2, 0.25) is 0 Å². The summed E-state index contributed by atoms with van der Waals surface area (Å²) >= 11 is 0. The summed E-state index contributed by atoms with van der Waals surface area (Å²) in [5.74, 6) is 0.814. The second-order valence-corrected chi connectivity index (χ2v) is 9.37. The zero-order chi connectivity index (χ0) is 19.1. The van der Waals surface area contributed by atoms with Crippen molar-refractivity contribution in [1.29, 1.82) is 0 Å². The first-order chi connectivity index (χ1) is 13.1. The third-order valence-corrected chi connectivity index (χ3v) is 7.21. The quantitative estimate of drug-likeness (QED) is 0.342. The second kappa shape index (κ2) is 11.3. The number of halogens is 1. The molecule has 0 atom stereocenters. The van der Waals surface area contributed by atoms with Crippen molar-refractivity contribution in [2.45, 2.75) is 69.4 Å². The molecule has 1 heterocycles. The van der Waals surface area contributed by atoms with Crippen LogP contribution in [0.4, 0.5) is 0 Å². The van der Waals surface area contributed by atoms with E-state index >= 15 is 0 Å². The second-order valence-electron chi connectivity index (χ2n) is 7.43. The van der Waals surface area contributed by atoms with Gasteiger partial charge in [-0.1, -0.05) is 31.4 Å². The lowest BCUT2D eigenvalue weighted by atomic mass is 10.2. The lowest BCUT2D eigenvalue weighted by molar-refractivity contribution is 0.346. The van der Waals surface area contributed by atoms with Gasteiger partial charge in [-0.15, -0.1) is 24.0 Å². The molecule has 0 unspecified atom stereocenters. The normalized spacial score (nSPS) is 19.2. The van der Waals surface area contributed by atoms with Gasteiger partial charge in [0.1, 0.15) is 0 Å². The molecule has 8 heteroatoms. The molecule has 2 N–H and O–H groups in total. The third kappa shape index (κ3) is 6.32. The zero-order valence-corrected chi connectivity index (χ0v) is 19.8. The molecular weight excluding hydrogens is 487 g/mol. The Hall–Kier alpha value is -0.870. The topological polar surface area (TPSA) is 73.8 Å². The van der Waals surface area contributed by atoms with Crippen molar-refractivity contribution in [2.24, 2.45) is 4.99 Å². The molecule has 1 aromatic rings. The number of guanidine groups is 1.